The average molecular weight is 356 g/mol. The van der Waals surface area contributed by atoms with Crippen molar-refractivity contribution in [1.82, 2.24) is 9.29 Å². The standard InChI is InChI=1S/C17H29N3O3S/c1-14(2)8-9-17(3,21)13-19-16-7-6-15(12-18-16)24(22,23)20-10-4-5-11-20/h6-7,12,14,21H,4-5,8-11,13H2,1-3H3,(H,18,19). The van der Waals surface area contributed by atoms with E-state index >= 15 is 0 Å². The van der Waals surface area contributed by atoms with Crippen LogP contribution >= 0.6 is 0 Å². The fourth-order valence-electron chi connectivity index (χ4n) is 2.68. The third kappa shape index (κ3) is 5.16. The summed E-state index contributed by atoms with van der Waals surface area (Å²) >= 11 is 0. The number of nitrogens with one attached hydrogen (secondary N) is 1. The Morgan fingerprint density at radius 2 is 2.00 bits per heavy atom. The maximum Gasteiger partial charge on any atom is 0.244 e. The molecule has 1 atom stereocenters. The number of sulfonamides is 1. The fourth-order valence-corrected chi connectivity index (χ4v) is 4.15. The lowest BCUT2D eigenvalue weighted by atomic mass is 9.95. The van der Waals surface area contributed by atoms with Crippen molar-refractivity contribution in [2.24, 2.45) is 5.92 Å². The summed E-state index contributed by atoms with van der Waals surface area (Å²) in [5.74, 6) is 1.12. The highest BCUT2D eigenvalue weighted by Crippen LogP contribution is 2.21. The van der Waals surface area contributed by atoms with Gasteiger partial charge in [0, 0.05) is 25.8 Å². The Labute approximate surface area is 145 Å². The van der Waals surface area contributed by atoms with Crippen LogP contribution in [0.25, 0.3) is 0 Å². The number of hydrogen-bond acceptors (Lipinski definition) is 5. The second-order valence-electron chi connectivity index (χ2n) is 7.27. The largest absolute Gasteiger partial charge is 0.388 e. The lowest BCUT2D eigenvalue weighted by Gasteiger charge is -2.25. The van der Waals surface area contributed by atoms with E-state index in [0.717, 1.165) is 19.3 Å². The molecule has 1 fully saturated rings. The first kappa shape index (κ1) is 19.1. The van der Waals surface area contributed by atoms with Crippen molar-refractivity contribution in [2.75, 3.05) is 25.0 Å². The minimum Gasteiger partial charge on any atom is -0.388 e. The molecule has 2 rings (SSSR count). The summed E-state index contributed by atoms with van der Waals surface area (Å²) in [6.45, 7) is 7.61. The number of aliphatic hydroxyl groups is 1. The molecule has 136 valence electrons. The highest BCUT2D eigenvalue weighted by Gasteiger charge is 2.27. The first-order valence-corrected chi connectivity index (χ1v) is 10.1. The molecule has 0 bridgehead atoms. The van der Waals surface area contributed by atoms with Gasteiger partial charge in [0.2, 0.25) is 10.0 Å². The number of rotatable bonds is 8. The molecule has 0 spiro atoms. The van der Waals surface area contributed by atoms with E-state index in [-0.39, 0.29) is 4.90 Å². The van der Waals surface area contributed by atoms with Gasteiger partial charge in [0.15, 0.2) is 0 Å². The monoisotopic (exact) mass is 355 g/mol. The quantitative estimate of drug-likeness (QED) is 0.748. The third-order valence-corrected chi connectivity index (χ3v) is 6.23. The van der Waals surface area contributed by atoms with Gasteiger partial charge in [0.25, 0.3) is 0 Å². The zero-order valence-corrected chi connectivity index (χ0v) is 15.6. The van der Waals surface area contributed by atoms with Gasteiger partial charge < -0.3 is 10.4 Å². The van der Waals surface area contributed by atoms with Gasteiger partial charge in [0.1, 0.15) is 10.7 Å². The van der Waals surface area contributed by atoms with Crippen LogP contribution in [0.2, 0.25) is 0 Å². The van der Waals surface area contributed by atoms with Crippen molar-refractivity contribution in [3.8, 4) is 0 Å². The van der Waals surface area contributed by atoms with Crippen LogP contribution in [0.15, 0.2) is 23.2 Å². The molecule has 2 N–H and O–H groups in total. The van der Waals surface area contributed by atoms with Gasteiger partial charge in [-0.25, -0.2) is 13.4 Å². The van der Waals surface area contributed by atoms with Gasteiger partial charge in [-0.3, -0.25) is 0 Å². The van der Waals surface area contributed by atoms with Crippen molar-refractivity contribution in [2.45, 2.75) is 57.0 Å². The van der Waals surface area contributed by atoms with E-state index < -0.39 is 15.6 Å². The van der Waals surface area contributed by atoms with Crippen LogP contribution in [0.1, 0.15) is 46.5 Å². The molecule has 1 aromatic heterocycles. The zero-order valence-electron chi connectivity index (χ0n) is 14.8. The molecule has 1 aliphatic rings. The molecule has 1 saturated heterocycles. The molecule has 1 aromatic rings. The van der Waals surface area contributed by atoms with Gasteiger partial charge in [-0.15, -0.1) is 0 Å². The number of nitrogens with zero attached hydrogens (tertiary/aromatic N) is 2. The Balaban J connectivity index is 1.94. The number of aromatic nitrogens is 1. The van der Waals surface area contributed by atoms with Gasteiger partial charge in [-0.1, -0.05) is 13.8 Å². The second kappa shape index (κ2) is 7.80. The topological polar surface area (TPSA) is 82.5 Å². The van der Waals surface area contributed by atoms with Crippen molar-refractivity contribution >= 4 is 15.8 Å². The zero-order chi connectivity index (χ0) is 17.8. The molecule has 0 aromatic carbocycles. The summed E-state index contributed by atoms with van der Waals surface area (Å²) in [6.07, 6.45) is 4.88. The molecule has 0 radical (unpaired) electrons. The Hall–Kier alpha value is -1.18. The highest BCUT2D eigenvalue weighted by atomic mass is 32.2. The van der Waals surface area contributed by atoms with E-state index in [1.54, 1.807) is 19.1 Å². The van der Waals surface area contributed by atoms with E-state index in [0.29, 0.717) is 37.8 Å². The normalized spacial score (nSPS) is 18.7. The molecule has 2 heterocycles. The smallest absolute Gasteiger partial charge is 0.244 e. The lowest BCUT2D eigenvalue weighted by molar-refractivity contribution is 0.0585. The van der Waals surface area contributed by atoms with Crippen LogP contribution in [-0.4, -0.2) is 48.0 Å². The van der Waals surface area contributed by atoms with Crippen LogP contribution < -0.4 is 5.32 Å². The summed E-state index contributed by atoms with van der Waals surface area (Å²) in [7, 11) is -3.42. The summed E-state index contributed by atoms with van der Waals surface area (Å²) in [5.41, 5.74) is -0.813. The lowest BCUT2D eigenvalue weighted by Crippen LogP contribution is -2.34. The van der Waals surface area contributed by atoms with Crippen molar-refractivity contribution in [1.29, 1.82) is 0 Å². The maximum atomic E-state index is 12.4. The molecule has 7 heteroatoms. The summed E-state index contributed by atoms with van der Waals surface area (Å²) < 4.78 is 26.4. The van der Waals surface area contributed by atoms with Crippen molar-refractivity contribution in [3.63, 3.8) is 0 Å². The van der Waals surface area contributed by atoms with Crippen LogP contribution in [0.4, 0.5) is 5.82 Å². The van der Waals surface area contributed by atoms with Gasteiger partial charge in [0.05, 0.1) is 5.60 Å². The molecule has 0 saturated carbocycles. The van der Waals surface area contributed by atoms with E-state index in [1.165, 1.54) is 10.5 Å². The minimum absolute atomic E-state index is 0.224. The molecule has 0 aliphatic carbocycles. The molecule has 24 heavy (non-hydrogen) atoms. The molecular weight excluding hydrogens is 326 g/mol. The Kier molecular flexibility index (Phi) is 6.22. The van der Waals surface area contributed by atoms with E-state index in [2.05, 4.69) is 24.1 Å². The Bertz CT molecular complexity index is 621. The molecule has 1 unspecified atom stereocenters. The molecule has 0 amide bonds. The first-order chi connectivity index (χ1) is 11.2. The molecular formula is C17H29N3O3S. The maximum absolute atomic E-state index is 12.4. The van der Waals surface area contributed by atoms with Crippen LogP contribution in [0.5, 0.6) is 0 Å². The van der Waals surface area contributed by atoms with Crippen LogP contribution in [0, 0.1) is 5.92 Å². The van der Waals surface area contributed by atoms with E-state index in [1.807, 2.05) is 0 Å². The van der Waals surface area contributed by atoms with Crippen molar-refractivity contribution < 1.29 is 13.5 Å². The van der Waals surface area contributed by atoms with E-state index in [9.17, 15) is 13.5 Å². The molecule has 1 aliphatic heterocycles. The summed E-state index contributed by atoms with van der Waals surface area (Å²) in [6, 6.07) is 3.23. The minimum atomic E-state index is -3.42. The Morgan fingerprint density at radius 3 is 2.54 bits per heavy atom. The van der Waals surface area contributed by atoms with Crippen LogP contribution in [0.3, 0.4) is 0 Å². The van der Waals surface area contributed by atoms with E-state index in [4.69, 9.17) is 0 Å². The van der Waals surface area contributed by atoms with Gasteiger partial charge in [-0.2, -0.15) is 4.31 Å². The SMILES string of the molecule is CC(C)CCC(C)(O)CNc1ccc(S(=O)(=O)N2CCCC2)cn1. The number of pyridine rings is 1. The second-order valence-corrected chi connectivity index (χ2v) is 9.21. The van der Waals surface area contributed by atoms with Crippen LogP contribution in [-0.2, 0) is 10.0 Å². The third-order valence-electron chi connectivity index (χ3n) is 4.35. The average Bonchev–Trinajstić information content (AvgIpc) is 3.07. The number of anilines is 1. The van der Waals surface area contributed by atoms with Gasteiger partial charge >= 0.3 is 0 Å². The van der Waals surface area contributed by atoms with Gasteiger partial charge in [-0.05, 0) is 50.7 Å². The predicted octanol–water partition coefficient (Wildman–Crippen LogP) is 2.47. The summed E-state index contributed by atoms with van der Waals surface area (Å²) in [4.78, 5) is 4.41. The highest BCUT2D eigenvalue weighted by molar-refractivity contribution is 7.89. The predicted molar refractivity (Wildman–Crippen MR) is 95.4 cm³/mol. The molecule has 6 nitrogen and oxygen atoms in total. The first-order valence-electron chi connectivity index (χ1n) is 8.63. The fraction of sp³-hybridized carbons (Fsp3) is 0.706. The van der Waals surface area contributed by atoms with Crippen molar-refractivity contribution in [3.05, 3.63) is 18.3 Å². The summed E-state index contributed by atoms with van der Waals surface area (Å²) in [5, 5.41) is 13.4. The number of hydrogen-bond donors (Lipinski definition) is 2. The Morgan fingerprint density at radius 1 is 1.33 bits per heavy atom.